The zero-order valence-corrected chi connectivity index (χ0v) is 6.86. The largest absolute Gasteiger partial charge is 0.363 e. The van der Waals surface area contributed by atoms with Crippen molar-refractivity contribution in [1.29, 1.82) is 0 Å². The molecule has 0 saturated carbocycles. The Kier molecular flexibility index (Phi) is 2.75. The highest BCUT2D eigenvalue weighted by molar-refractivity contribution is 6.28. The number of aliphatic hydroxyl groups is 2. The van der Waals surface area contributed by atoms with Gasteiger partial charge in [-0.3, -0.25) is 0 Å². The van der Waals surface area contributed by atoms with Crippen LogP contribution in [0.1, 0.15) is 17.7 Å². The molecule has 0 unspecified atom stereocenters. The van der Waals surface area contributed by atoms with Gasteiger partial charge in [-0.2, -0.15) is 0 Å². The summed E-state index contributed by atoms with van der Waals surface area (Å²) < 4.78 is 0. The predicted molar refractivity (Wildman–Crippen MR) is 44.3 cm³/mol. The minimum atomic E-state index is -1.64. The van der Waals surface area contributed by atoms with Crippen LogP contribution in [-0.4, -0.2) is 20.2 Å². The molecule has 0 aliphatic heterocycles. The van der Waals surface area contributed by atoms with Crippen molar-refractivity contribution >= 4 is 17.7 Å². The average molecular weight is 187 g/mol. The van der Waals surface area contributed by atoms with Crippen LogP contribution < -0.4 is 0 Å². The molecule has 0 spiro atoms. The molecule has 64 valence electrons. The van der Waals surface area contributed by atoms with Gasteiger partial charge in [0, 0.05) is 0 Å². The van der Waals surface area contributed by atoms with E-state index in [9.17, 15) is 0 Å². The molecule has 0 saturated heterocycles. The van der Waals surface area contributed by atoms with Crippen LogP contribution in [0.5, 0.6) is 0 Å². The Labute approximate surface area is 74.2 Å². The van der Waals surface area contributed by atoms with Crippen LogP contribution in [-0.2, 0) is 0 Å². The maximum absolute atomic E-state index is 8.74. The van der Waals surface area contributed by atoms with Gasteiger partial charge in [0.1, 0.15) is 5.69 Å². The van der Waals surface area contributed by atoms with Gasteiger partial charge >= 0.3 is 0 Å². The number of aliphatic hydroxyl groups excluding tert-OH is 1. The lowest BCUT2D eigenvalue weighted by Crippen LogP contribution is -2.01. The van der Waals surface area contributed by atoms with E-state index >= 15 is 0 Å². The van der Waals surface area contributed by atoms with Crippen molar-refractivity contribution in [3.8, 4) is 0 Å². The van der Waals surface area contributed by atoms with Gasteiger partial charge in [-0.05, 0) is 23.7 Å². The molecule has 0 amide bonds. The van der Waals surface area contributed by atoms with Gasteiger partial charge in [0.05, 0.1) is 5.69 Å². The lowest BCUT2D eigenvalue weighted by Gasteiger charge is -2.03. The van der Waals surface area contributed by atoms with E-state index in [4.69, 9.17) is 21.8 Å². The van der Waals surface area contributed by atoms with E-state index in [1.807, 2.05) is 0 Å². The normalized spacial score (nSPS) is 10.3. The summed E-state index contributed by atoms with van der Waals surface area (Å²) in [4.78, 5) is 7.34. The Hall–Kier alpha value is -0.970. The van der Waals surface area contributed by atoms with Gasteiger partial charge in [-0.1, -0.05) is 6.58 Å². The van der Waals surface area contributed by atoms with E-state index in [-0.39, 0.29) is 11.0 Å². The molecular weight excluding hydrogens is 180 g/mol. The van der Waals surface area contributed by atoms with Crippen LogP contribution in [0.3, 0.4) is 0 Å². The summed E-state index contributed by atoms with van der Waals surface area (Å²) in [6, 6.07) is 1.39. The first-order chi connectivity index (χ1) is 5.63. The Morgan fingerprint density at radius 3 is 2.67 bits per heavy atom. The first kappa shape index (κ1) is 9.12. The second kappa shape index (κ2) is 3.62. The molecule has 0 aliphatic rings. The van der Waals surface area contributed by atoms with Crippen molar-refractivity contribution in [2.24, 2.45) is 0 Å². The number of halogens is 1. The van der Waals surface area contributed by atoms with Crippen LogP contribution in [0.15, 0.2) is 12.6 Å². The summed E-state index contributed by atoms with van der Waals surface area (Å²) >= 11 is 5.48. The molecule has 0 aliphatic carbocycles. The standard InChI is InChI=1S/C7H7ClN2O2/c1-2-4-3-5(6(11)12)10-7(8)9-4/h2-3,6,11-12H,1H2. The molecule has 0 radical (unpaired) electrons. The third kappa shape index (κ3) is 2.01. The van der Waals surface area contributed by atoms with E-state index in [0.29, 0.717) is 5.69 Å². The minimum absolute atomic E-state index is 0.0319. The topological polar surface area (TPSA) is 66.2 Å². The highest BCUT2D eigenvalue weighted by atomic mass is 35.5. The smallest absolute Gasteiger partial charge is 0.223 e. The Balaban J connectivity index is 3.14. The van der Waals surface area contributed by atoms with E-state index in [0.717, 1.165) is 0 Å². The van der Waals surface area contributed by atoms with Crippen LogP contribution in [0.4, 0.5) is 0 Å². The Morgan fingerprint density at radius 2 is 2.17 bits per heavy atom. The van der Waals surface area contributed by atoms with E-state index in [1.54, 1.807) is 0 Å². The second-order valence-electron chi connectivity index (χ2n) is 2.06. The average Bonchev–Trinajstić information content (AvgIpc) is 2.03. The highest BCUT2D eigenvalue weighted by Crippen LogP contribution is 2.11. The zero-order chi connectivity index (χ0) is 9.14. The van der Waals surface area contributed by atoms with Crippen LogP contribution in [0, 0.1) is 0 Å². The number of hydrogen-bond donors (Lipinski definition) is 2. The van der Waals surface area contributed by atoms with Crippen molar-refractivity contribution in [2.45, 2.75) is 6.29 Å². The van der Waals surface area contributed by atoms with Gasteiger partial charge in [-0.15, -0.1) is 0 Å². The Bertz CT molecular complexity index is 301. The molecule has 5 heteroatoms. The molecule has 2 N–H and O–H groups in total. The van der Waals surface area contributed by atoms with Gasteiger partial charge < -0.3 is 10.2 Å². The minimum Gasteiger partial charge on any atom is -0.363 e. The molecular formula is C7H7ClN2O2. The molecule has 1 heterocycles. The van der Waals surface area contributed by atoms with Crippen molar-refractivity contribution in [3.05, 3.63) is 29.3 Å². The summed E-state index contributed by atoms with van der Waals surface area (Å²) in [7, 11) is 0. The maximum atomic E-state index is 8.74. The van der Waals surface area contributed by atoms with Gasteiger partial charge in [0.15, 0.2) is 6.29 Å². The van der Waals surface area contributed by atoms with Crippen LogP contribution >= 0.6 is 11.6 Å². The van der Waals surface area contributed by atoms with Gasteiger partial charge in [-0.25, -0.2) is 9.97 Å². The SMILES string of the molecule is C=Cc1cc(C(O)O)nc(Cl)n1. The van der Waals surface area contributed by atoms with Crippen LogP contribution in [0.25, 0.3) is 6.08 Å². The van der Waals surface area contributed by atoms with Gasteiger partial charge in [0.25, 0.3) is 0 Å². The molecule has 0 fully saturated rings. The van der Waals surface area contributed by atoms with E-state index in [2.05, 4.69) is 16.5 Å². The lowest BCUT2D eigenvalue weighted by molar-refractivity contribution is -0.0459. The molecule has 1 aromatic rings. The molecule has 0 aromatic carbocycles. The third-order valence-electron chi connectivity index (χ3n) is 1.21. The molecule has 0 bridgehead atoms. The molecule has 1 rings (SSSR count). The number of aromatic nitrogens is 2. The number of rotatable bonds is 2. The van der Waals surface area contributed by atoms with Gasteiger partial charge in [0.2, 0.25) is 5.28 Å². The number of hydrogen-bond acceptors (Lipinski definition) is 4. The third-order valence-corrected chi connectivity index (χ3v) is 1.38. The molecule has 12 heavy (non-hydrogen) atoms. The monoisotopic (exact) mass is 186 g/mol. The van der Waals surface area contributed by atoms with E-state index < -0.39 is 6.29 Å². The Morgan fingerprint density at radius 1 is 1.50 bits per heavy atom. The van der Waals surface area contributed by atoms with Crippen molar-refractivity contribution in [2.75, 3.05) is 0 Å². The highest BCUT2D eigenvalue weighted by Gasteiger charge is 2.06. The first-order valence-corrected chi connectivity index (χ1v) is 3.54. The summed E-state index contributed by atoms with van der Waals surface area (Å²) in [5.41, 5.74) is 0.517. The lowest BCUT2D eigenvalue weighted by atomic mass is 10.3. The predicted octanol–water partition coefficient (Wildman–Crippen LogP) is 0.756. The fourth-order valence-corrected chi connectivity index (χ4v) is 0.886. The molecule has 0 atom stereocenters. The van der Waals surface area contributed by atoms with E-state index in [1.165, 1.54) is 12.1 Å². The van der Waals surface area contributed by atoms with Crippen molar-refractivity contribution < 1.29 is 10.2 Å². The second-order valence-corrected chi connectivity index (χ2v) is 2.40. The summed E-state index contributed by atoms with van der Waals surface area (Å²) in [6.45, 7) is 3.46. The maximum Gasteiger partial charge on any atom is 0.223 e. The summed E-state index contributed by atoms with van der Waals surface area (Å²) in [6.07, 6.45) is -0.191. The summed E-state index contributed by atoms with van der Waals surface area (Å²) in [5, 5.41) is 17.4. The number of nitrogens with zero attached hydrogens (tertiary/aromatic N) is 2. The summed E-state index contributed by atoms with van der Waals surface area (Å²) in [5.74, 6) is 0. The van der Waals surface area contributed by atoms with Crippen LogP contribution in [0.2, 0.25) is 5.28 Å². The first-order valence-electron chi connectivity index (χ1n) is 3.16. The quantitative estimate of drug-likeness (QED) is 0.529. The van der Waals surface area contributed by atoms with Crippen molar-refractivity contribution in [3.63, 3.8) is 0 Å². The van der Waals surface area contributed by atoms with Crippen molar-refractivity contribution in [1.82, 2.24) is 9.97 Å². The molecule has 1 aromatic heterocycles. The molecule has 4 nitrogen and oxygen atoms in total. The fraction of sp³-hybridized carbons (Fsp3) is 0.143. The zero-order valence-electron chi connectivity index (χ0n) is 6.11. The fourth-order valence-electron chi connectivity index (χ4n) is 0.691.